The molecule has 16 heavy (non-hydrogen) atoms. The van der Waals surface area contributed by atoms with Crippen LogP contribution in [-0.4, -0.2) is 17.9 Å². The minimum Gasteiger partial charge on any atom is -0.366 e. The number of methoxy groups -OCH3 is 1. The molecule has 0 aliphatic rings. The molecular weight excluding hydrogens is 214 g/mol. The van der Waals surface area contributed by atoms with Crippen LogP contribution in [-0.2, 0) is 4.74 Å². The molecule has 4 N–H and O–H groups in total. The fourth-order valence-corrected chi connectivity index (χ4v) is 1.18. The van der Waals surface area contributed by atoms with Crippen LogP contribution in [0.4, 0.5) is 5.69 Å². The number of rotatable bonds is 4. The quantitative estimate of drug-likeness (QED) is 0.433. The molecule has 0 heterocycles. The number of amides is 1. The number of nitro groups is 1. The predicted molar refractivity (Wildman–Crippen MR) is 55.6 cm³/mol. The zero-order valence-electron chi connectivity index (χ0n) is 8.54. The molecule has 7 nitrogen and oxygen atoms in total. The maximum Gasteiger partial charge on any atom is 0.270 e. The van der Waals surface area contributed by atoms with Crippen molar-refractivity contribution in [2.75, 3.05) is 7.11 Å². The Morgan fingerprint density at radius 2 is 2.12 bits per heavy atom. The van der Waals surface area contributed by atoms with Gasteiger partial charge in [0.05, 0.1) is 4.92 Å². The van der Waals surface area contributed by atoms with Gasteiger partial charge in [0.1, 0.15) is 6.23 Å². The monoisotopic (exact) mass is 225 g/mol. The van der Waals surface area contributed by atoms with E-state index in [9.17, 15) is 14.9 Å². The van der Waals surface area contributed by atoms with Crippen LogP contribution >= 0.6 is 0 Å². The highest BCUT2D eigenvalue weighted by Gasteiger charge is 2.15. The van der Waals surface area contributed by atoms with Gasteiger partial charge >= 0.3 is 0 Å². The number of hydrogen-bond acceptors (Lipinski definition) is 5. The Labute approximate surface area is 91.1 Å². The van der Waals surface area contributed by atoms with Crippen LogP contribution in [0.5, 0.6) is 0 Å². The van der Waals surface area contributed by atoms with Gasteiger partial charge in [0.25, 0.3) is 5.69 Å². The van der Waals surface area contributed by atoms with Crippen molar-refractivity contribution in [3.63, 3.8) is 0 Å². The van der Waals surface area contributed by atoms with E-state index in [0.717, 1.165) is 6.07 Å². The Morgan fingerprint density at radius 3 is 2.56 bits per heavy atom. The Kier molecular flexibility index (Phi) is 3.54. The summed E-state index contributed by atoms with van der Waals surface area (Å²) in [7, 11) is 1.35. The molecule has 1 amide bonds. The topological polar surface area (TPSA) is 121 Å². The smallest absolute Gasteiger partial charge is 0.270 e. The molecule has 0 saturated heterocycles. The van der Waals surface area contributed by atoms with Gasteiger partial charge in [-0.15, -0.1) is 0 Å². The minimum atomic E-state index is -0.835. The molecular formula is C9H11N3O4. The molecule has 1 aromatic carbocycles. The molecule has 1 unspecified atom stereocenters. The molecule has 0 aliphatic carbocycles. The molecule has 86 valence electrons. The van der Waals surface area contributed by atoms with Crippen LogP contribution < -0.4 is 11.5 Å². The maximum atomic E-state index is 11.0. The van der Waals surface area contributed by atoms with E-state index in [1.165, 1.54) is 19.2 Å². The van der Waals surface area contributed by atoms with E-state index in [4.69, 9.17) is 16.2 Å². The SMILES string of the molecule is COC(N)c1cc(C(N)=O)cc([N+](=O)[O-])c1. The minimum absolute atomic E-state index is 0.0247. The molecule has 1 atom stereocenters. The zero-order valence-corrected chi connectivity index (χ0v) is 8.54. The van der Waals surface area contributed by atoms with Gasteiger partial charge in [0.15, 0.2) is 0 Å². The second-order valence-corrected chi connectivity index (χ2v) is 3.09. The van der Waals surface area contributed by atoms with Gasteiger partial charge in [-0.25, -0.2) is 0 Å². The van der Waals surface area contributed by atoms with Crippen molar-refractivity contribution in [3.8, 4) is 0 Å². The van der Waals surface area contributed by atoms with E-state index in [0.29, 0.717) is 5.56 Å². The number of hydrogen-bond donors (Lipinski definition) is 2. The van der Waals surface area contributed by atoms with Crippen molar-refractivity contribution >= 4 is 11.6 Å². The van der Waals surface area contributed by atoms with Crippen molar-refractivity contribution in [2.45, 2.75) is 6.23 Å². The normalized spacial score (nSPS) is 12.1. The van der Waals surface area contributed by atoms with E-state index in [-0.39, 0.29) is 11.3 Å². The average Bonchev–Trinajstić information content (AvgIpc) is 2.27. The Morgan fingerprint density at radius 1 is 1.50 bits per heavy atom. The number of primary amides is 1. The van der Waals surface area contributed by atoms with Crippen LogP contribution in [0.2, 0.25) is 0 Å². The van der Waals surface area contributed by atoms with Gasteiger partial charge in [0, 0.05) is 30.4 Å². The van der Waals surface area contributed by atoms with E-state index >= 15 is 0 Å². The number of nitrogens with zero attached hydrogens (tertiary/aromatic N) is 1. The molecule has 0 spiro atoms. The summed E-state index contributed by atoms with van der Waals surface area (Å²) in [6.45, 7) is 0. The highest BCUT2D eigenvalue weighted by Crippen LogP contribution is 2.21. The van der Waals surface area contributed by atoms with Crippen LogP contribution in [0, 0.1) is 10.1 Å². The lowest BCUT2D eigenvalue weighted by atomic mass is 10.1. The van der Waals surface area contributed by atoms with Crippen molar-refractivity contribution in [1.82, 2.24) is 0 Å². The van der Waals surface area contributed by atoms with Crippen LogP contribution in [0.3, 0.4) is 0 Å². The molecule has 0 saturated carbocycles. The molecule has 0 aliphatic heterocycles. The first kappa shape index (κ1) is 12.1. The number of carbonyl (C=O) groups excluding carboxylic acids is 1. The Hall–Kier alpha value is -1.99. The highest BCUT2D eigenvalue weighted by molar-refractivity contribution is 5.93. The first-order chi connectivity index (χ1) is 7.45. The van der Waals surface area contributed by atoms with Crippen molar-refractivity contribution in [3.05, 3.63) is 39.4 Å². The third kappa shape index (κ3) is 2.53. The summed E-state index contributed by atoms with van der Waals surface area (Å²) in [5.74, 6) is -0.756. The summed E-state index contributed by atoms with van der Waals surface area (Å²) >= 11 is 0. The Bertz CT molecular complexity index is 401. The number of benzene rings is 1. The van der Waals surface area contributed by atoms with Gasteiger partial charge in [0.2, 0.25) is 5.91 Å². The fourth-order valence-electron chi connectivity index (χ4n) is 1.18. The van der Waals surface area contributed by atoms with Crippen LogP contribution in [0.25, 0.3) is 0 Å². The molecule has 0 aromatic heterocycles. The summed E-state index contributed by atoms with van der Waals surface area (Å²) in [4.78, 5) is 20.9. The second-order valence-electron chi connectivity index (χ2n) is 3.09. The second kappa shape index (κ2) is 4.69. The molecule has 0 bridgehead atoms. The summed E-state index contributed by atoms with van der Waals surface area (Å²) in [6, 6.07) is 3.69. The number of ether oxygens (including phenoxy) is 1. The summed E-state index contributed by atoms with van der Waals surface area (Å²) in [6.07, 6.45) is -0.835. The summed E-state index contributed by atoms with van der Waals surface area (Å²) in [5.41, 5.74) is 10.7. The number of nitro benzene ring substituents is 1. The highest BCUT2D eigenvalue weighted by atomic mass is 16.6. The van der Waals surface area contributed by atoms with Gasteiger partial charge in [-0.1, -0.05) is 0 Å². The molecule has 7 heteroatoms. The largest absolute Gasteiger partial charge is 0.366 e. The van der Waals surface area contributed by atoms with Crippen molar-refractivity contribution < 1.29 is 14.5 Å². The summed E-state index contributed by atoms with van der Waals surface area (Å²) in [5, 5.41) is 10.6. The number of non-ortho nitro benzene ring substituents is 1. The number of carbonyl (C=O) groups is 1. The summed E-state index contributed by atoms with van der Waals surface area (Å²) < 4.78 is 4.81. The van der Waals surface area contributed by atoms with Crippen LogP contribution in [0.15, 0.2) is 18.2 Å². The first-order valence-electron chi connectivity index (χ1n) is 4.33. The maximum absolute atomic E-state index is 11.0. The van der Waals surface area contributed by atoms with Crippen molar-refractivity contribution in [2.24, 2.45) is 11.5 Å². The molecule has 1 aromatic rings. The zero-order chi connectivity index (χ0) is 12.3. The van der Waals surface area contributed by atoms with Gasteiger partial charge in [-0.2, -0.15) is 0 Å². The third-order valence-electron chi connectivity index (χ3n) is 2.02. The van der Waals surface area contributed by atoms with Crippen LogP contribution in [0.1, 0.15) is 22.1 Å². The molecule has 0 radical (unpaired) electrons. The molecule has 1 rings (SSSR count). The molecule has 0 fully saturated rings. The lowest BCUT2D eigenvalue weighted by Crippen LogP contribution is -2.16. The standard InChI is InChI=1S/C9H11N3O4/c1-16-9(11)6-2-5(8(10)13)3-7(4-6)12(14)15/h2-4,9H,11H2,1H3,(H2,10,13). The van der Waals surface area contributed by atoms with E-state index in [1.54, 1.807) is 0 Å². The van der Waals surface area contributed by atoms with E-state index in [2.05, 4.69) is 0 Å². The van der Waals surface area contributed by atoms with Gasteiger partial charge < -0.3 is 16.2 Å². The van der Waals surface area contributed by atoms with Crippen molar-refractivity contribution in [1.29, 1.82) is 0 Å². The Balaban J connectivity index is 3.29. The lowest BCUT2D eigenvalue weighted by Gasteiger charge is -2.10. The predicted octanol–water partition coefficient (Wildman–Crippen LogP) is 0.297. The third-order valence-corrected chi connectivity index (χ3v) is 2.02. The van der Waals surface area contributed by atoms with E-state index in [1.807, 2.05) is 0 Å². The lowest BCUT2D eigenvalue weighted by molar-refractivity contribution is -0.385. The van der Waals surface area contributed by atoms with Gasteiger partial charge in [-0.3, -0.25) is 14.9 Å². The van der Waals surface area contributed by atoms with E-state index < -0.39 is 17.1 Å². The van der Waals surface area contributed by atoms with Gasteiger partial charge in [-0.05, 0) is 6.07 Å². The fraction of sp³-hybridized carbons (Fsp3) is 0.222. The first-order valence-corrected chi connectivity index (χ1v) is 4.33. The number of nitrogens with two attached hydrogens (primary N) is 2. The average molecular weight is 225 g/mol.